The Morgan fingerprint density at radius 1 is 1.11 bits per heavy atom. The summed E-state index contributed by atoms with van der Waals surface area (Å²) >= 11 is 0. The normalized spacial score (nSPS) is 13.9. The van der Waals surface area contributed by atoms with Crippen LogP contribution in [-0.2, 0) is 13.0 Å². The zero-order chi connectivity index (χ0) is 24.2. The molecule has 1 aliphatic heterocycles. The molecule has 0 unspecified atom stereocenters. The van der Waals surface area contributed by atoms with Crippen LogP contribution in [0, 0.1) is 18.2 Å². The Bertz CT molecular complexity index is 1650. The molecule has 0 atom stereocenters. The quantitative estimate of drug-likeness (QED) is 0.345. The van der Waals surface area contributed by atoms with Gasteiger partial charge in [-0.3, -0.25) is 4.57 Å². The summed E-state index contributed by atoms with van der Waals surface area (Å²) in [6.07, 6.45) is 10.0. The van der Waals surface area contributed by atoms with E-state index in [1.165, 1.54) is 12.1 Å². The van der Waals surface area contributed by atoms with Crippen LogP contribution < -0.4 is 4.74 Å². The summed E-state index contributed by atoms with van der Waals surface area (Å²) in [4.78, 5) is 9.27. The number of hydrogen-bond donors (Lipinski definition) is 0. The van der Waals surface area contributed by atoms with E-state index in [1.807, 2.05) is 22.8 Å². The second-order valence-corrected chi connectivity index (χ2v) is 8.80. The first kappa shape index (κ1) is 20.6. The number of rotatable bonds is 5. The highest BCUT2D eigenvalue weighted by molar-refractivity contribution is 5.63. The molecule has 4 heterocycles. The van der Waals surface area contributed by atoms with Gasteiger partial charge in [0.15, 0.2) is 0 Å². The Hall–Kier alpha value is -4.78. The molecule has 7 rings (SSSR count). The Morgan fingerprint density at radius 3 is 2.78 bits per heavy atom. The van der Waals surface area contributed by atoms with Gasteiger partial charge in [0, 0.05) is 17.9 Å². The van der Waals surface area contributed by atoms with Crippen LogP contribution in [-0.4, -0.2) is 34.7 Å². The number of terminal acetylenes is 1. The van der Waals surface area contributed by atoms with Gasteiger partial charge in [0.05, 0.1) is 22.8 Å². The molecule has 10 heteroatoms. The molecule has 0 bridgehead atoms. The standard InChI is InChI=1S/C26H18FN7O2/c1-2-15-3-10-20-22(11-15)34-21(19(30-32-34)13-35-18-8-6-17(27)7-9-18)12-23-24(28-14-33(20)23)25-29-26(36-31-25)16-4-5-16/h1,3,6-11,14,16H,4-5,12-13H2. The first-order chi connectivity index (χ1) is 17.7. The zero-order valence-corrected chi connectivity index (χ0v) is 18.9. The summed E-state index contributed by atoms with van der Waals surface area (Å²) in [5.74, 6) is 4.35. The second-order valence-electron chi connectivity index (χ2n) is 8.80. The van der Waals surface area contributed by atoms with Crippen molar-refractivity contribution in [3.05, 3.63) is 83.1 Å². The number of aromatic nitrogens is 7. The Morgan fingerprint density at radius 2 is 1.97 bits per heavy atom. The summed E-state index contributed by atoms with van der Waals surface area (Å²) in [6.45, 7) is 0.155. The van der Waals surface area contributed by atoms with Crippen molar-refractivity contribution >= 4 is 0 Å². The molecule has 2 aromatic carbocycles. The zero-order valence-electron chi connectivity index (χ0n) is 18.9. The Balaban J connectivity index is 1.33. The van der Waals surface area contributed by atoms with E-state index in [9.17, 15) is 4.39 Å². The van der Waals surface area contributed by atoms with Crippen LogP contribution in [0.4, 0.5) is 4.39 Å². The number of nitrogens with zero attached hydrogens (tertiary/aromatic N) is 7. The van der Waals surface area contributed by atoms with Gasteiger partial charge in [-0.1, -0.05) is 16.3 Å². The van der Waals surface area contributed by atoms with Gasteiger partial charge in [-0.25, -0.2) is 14.1 Å². The lowest BCUT2D eigenvalue weighted by Gasteiger charge is -2.10. The van der Waals surface area contributed by atoms with Crippen molar-refractivity contribution in [2.45, 2.75) is 31.8 Å². The van der Waals surface area contributed by atoms with Crippen LogP contribution >= 0.6 is 0 Å². The topological polar surface area (TPSA) is 96.7 Å². The van der Waals surface area contributed by atoms with Crippen molar-refractivity contribution in [2.75, 3.05) is 0 Å². The van der Waals surface area contributed by atoms with Gasteiger partial charge in [-0.15, -0.1) is 11.5 Å². The summed E-state index contributed by atoms with van der Waals surface area (Å²) in [6, 6.07) is 11.6. The molecule has 1 aliphatic carbocycles. The lowest BCUT2D eigenvalue weighted by atomic mass is 10.1. The SMILES string of the molecule is C#Cc1ccc2c(c1)-n1nnc(COc3ccc(F)cc3)c1Cc1c(-c3noc(C4CC4)n3)ncn1-2. The van der Waals surface area contributed by atoms with Crippen LogP contribution in [0.2, 0.25) is 0 Å². The van der Waals surface area contributed by atoms with Gasteiger partial charge >= 0.3 is 0 Å². The van der Waals surface area contributed by atoms with E-state index >= 15 is 0 Å². The van der Waals surface area contributed by atoms with Crippen LogP contribution in [0.15, 0.2) is 53.3 Å². The molecule has 1 fully saturated rings. The summed E-state index contributed by atoms with van der Waals surface area (Å²) in [5, 5.41) is 13.0. The van der Waals surface area contributed by atoms with Crippen LogP contribution in [0.5, 0.6) is 5.75 Å². The van der Waals surface area contributed by atoms with E-state index in [0.717, 1.165) is 41.2 Å². The smallest absolute Gasteiger partial charge is 0.230 e. The molecule has 0 amide bonds. The maximum atomic E-state index is 13.3. The van der Waals surface area contributed by atoms with Crippen molar-refractivity contribution in [2.24, 2.45) is 0 Å². The number of hydrogen-bond acceptors (Lipinski definition) is 7. The molecule has 9 nitrogen and oxygen atoms in total. The fourth-order valence-corrected chi connectivity index (χ4v) is 4.41. The highest BCUT2D eigenvalue weighted by Gasteiger charge is 2.32. The molecule has 0 N–H and O–H groups in total. The molecule has 3 aromatic heterocycles. The predicted molar refractivity (Wildman–Crippen MR) is 125 cm³/mol. The highest BCUT2D eigenvalue weighted by Crippen LogP contribution is 2.40. The summed E-state index contributed by atoms with van der Waals surface area (Å²) in [5.41, 5.74) is 5.31. The average molecular weight is 479 g/mol. The van der Waals surface area contributed by atoms with E-state index in [1.54, 1.807) is 23.1 Å². The first-order valence-electron chi connectivity index (χ1n) is 11.5. The predicted octanol–water partition coefficient (Wildman–Crippen LogP) is 3.98. The van der Waals surface area contributed by atoms with Crippen molar-refractivity contribution in [3.8, 4) is 41.0 Å². The number of imidazole rings is 1. The van der Waals surface area contributed by atoms with Crippen molar-refractivity contribution in [3.63, 3.8) is 0 Å². The van der Waals surface area contributed by atoms with Gasteiger partial charge in [0.2, 0.25) is 11.7 Å². The molecule has 1 saturated carbocycles. The number of benzene rings is 2. The van der Waals surface area contributed by atoms with E-state index in [4.69, 9.17) is 15.7 Å². The molecule has 0 radical (unpaired) electrons. The number of halogens is 1. The highest BCUT2D eigenvalue weighted by atomic mass is 19.1. The van der Waals surface area contributed by atoms with Gasteiger partial charge in [-0.2, -0.15) is 4.98 Å². The van der Waals surface area contributed by atoms with Gasteiger partial charge in [0.25, 0.3) is 0 Å². The maximum absolute atomic E-state index is 13.3. The van der Waals surface area contributed by atoms with Crippen LogP contribution in [0.25, 0.3) is 22.9 Å². The summed E-state index contributed by atoms with van der Waals surface area (Å²) < 4.78 is 28.5. The minimum absolute atomic E-state index is 0.155. The van der Waals surface area contributed by atoms with Crippen molar-refractivity contribution in [1.82, 2.24) is 34.7 Å². The van der Waals surface area contributed by atoms with Crippen LogP contribution in [0.1, 0.15) is 47.3 Å². The monoisotopic (exact) mass is 479 g/mol. The molecule has 5 aromatic rings. The van der Waals surface area contributed by atoms with E-state index in [0.29, 0.717) is 41.2 Å². The van der Waals surface area contributed by atoms with Crippen molar-refractivity contribution in [1.29, 1.82) is 0 Å². The molecular weight excluding hydrogens is 461 g/mol. The molecule has 2 aliphatic rings. The molecule has 176 valence electrons. The third-order valence-electron chi connectivity index (χ3n) is 6.44. The van der Waals surface area contributed by atoms with Crippen molar-refractivity contribution < 1.29 is 13.7 Å². The van der Waals surface area contributed by atoms with E-state index < -0.39 is 0 Å². The lowest BCUT2D eigenvalue weighted by molar-refractivity contribution is 0.299. The maximum Gasteiger partial charge on any atom is 0.230 e. The van der Waals surface area contributed by atoms with Gasteiger partial charge in [-0.05, 0) is 55.3 Å². The minimum atomic E-state index is -0.326. The summed E-state index contributed by atoms with van der Waals surface area (Å²) in [7, 11) is 0. The molecular formula is C26H18FN7O2. The van der Waals surface area contributed by atoms with Gasteiger partial charge in [0.1, 0.15) is 35.9 Å². The van der Waals surface area contributed by atoms with E-state index in [-0.39, 0.29) is 12.4 Å². The number of ether oxygens (including phenoxy) is 1. The average Bonchev–Trinajstić information content (AvgIpc) is 3.33. The first-order valence-corrected chi connectivity index (χ1v) is 11.5. The molecule has 36 heavy (non-hydrogen) atoms. The van der Waals surface area contributed by atoms with Crippen LogP contribution in [0.3, 0.4) is 0 Å². The van der Waals surface area contributed by atoms with Gasteiger partial charge < -0.3 is 9.26 Å². The molecule has 0 spiro atoms. The lowest BCUT2D eigenvalue weighted by Crippen LogP contribution is -2.06. The Kier molecular flexibility index (Phi) is 4.51. The Labute approximate surface area is 204 Å². The molecule has 0 saturated heterocycles. The third-order valence-corrected chi connectivity index (χ3v) is 6.44. The fourth-order valence-electron chi connectivity index (χ4n) is 4.41. The minimum Gasteiger partial charge on any atom is -0.487 e. The largest absolute Gasteiger partial charge is 0.487 e. The van der Waals surface area contributed by atoms with E-state index in [2.05, 4.69) is 31.4 Å². The second kappa shape index (κ2) is 7.88. The third kappa shape index (κ3) is 3.36. The number of fused-ring (bicyclic) bond motifs is 5. The fraction of sp³-hybridized carbons (Fsp3) is 0.192.